The summed E-state index contributed by atoms with van der Waals surface area (Å²) in [5.41, 5.74) is 3.63. The van der Waals surface area contributed by atoms with Crippen LogP contribution < -0.4 is 5.73 Å². The van der Waals surface area contributed by atoms with Gasteiger partial charge in [0.05, 0.1) is 12.5 Å². The van der Waals surface area contributed by atoms with Crippen LogP contribution in [-0.2, 0) is 11.0 Å². The van der Waals surface area contributed by atoms with Gasteiger partial charge in [-0.1, -0.05) is 0 Å². The summed E-state index contributed by atoms with van der Waals surface area (Å²) < 4.78 is 36.6. The second-order valence-corrected chi connectivity index (χ2v) is 4.14. The molecule has 0 saturated carbocycles. The summed E-state index contributed by atoms with van der Waals surface area (Å²) in [6.45, 7) is 0. The number of nitrogens with zero attached hydrogens (tertiary/aromatic N) is 1. The van der Waals surface area contributed by atoms with Crippen molar-refractivity contribution in [3.05, 3.63) is 16.1 Å². The zero-order chi connectivity index (χ0) is 13.2. The van der Waals surface area contributed by atoms with E-state index < -0.39 is 36.4 Å². The van der Waals surface area contributed by atoms with Crippen LogP contribution in [0.1, 0.15) is 23.2 Å². The predicted molar refractivity (Wildman–Crippen MR) is 51.9 cm³/mol. The highest BCUT2D eigenvalue weighted by molar-refractivity contribution is 7.09. The van der Waals surface area contributed by atoms with E-state index in [1.165, 1.54) is 0 Å². The second-order valence-electron chi connectivity index (χ2n) is 3.25. The molecule has 5 nitrogen and oxygen atoms in total. The van der Waals surface area contributed by atoms with Gasteiger partial charge in [-0.25, -0.2) is 4.98 Å². The molecule has 1 rings (SSSR count). The Morgan fingerprint density at radius 1 is 1.53 bits per heavy atom. The molecule has 1 aromatic heterocycles. The van der Waals surface area contributed by atoms with Gasteiger partial charge >= 0.3 is 6.18 Å². The SMILES string of the molecule is NC(=O)CC(O)C(O)c1nc(C(F)(F)F)cs1. The van der Waals surface area contributed by atoms with E-state index >= 15 is 0 Å². The molecule has 0 bridgehead atoms. The minimum absolute atomic E-state index is 0.314. The summed E-state index contributed by atoms with van der Waals surface area (Å²) in [5.74, 6) is -0.871. The molecule has 4 N–H and O–H groups in total. The number of carbonyl (C=O) groups excluding carboxylic acids is 1. The van der Waals surface area contributed by atoms with Crippen molar-refractivity contribution in [2.75, 3.05) is 0 Å². The first-order chi connectivity index (χ1) is 7.71. The maximum atomic E-state index is 12.2. The van der Waals surface area contributed by atoms with Crippen LogP contribution in [0.3, 0.4) is 0 Å². The Morgan fingerprint density at radius 2 is 2.12 bits per heavy atom. The summed E-state index contributed by atoms with van der Waals surface area (Å²) in [4.78, 5) is 13.6. The standard InChI is InChI=1S/C8H9F3N2O3S/c9-8(10,11)4-2-17-7(13-4)6(16)3(14)1-5(12)15/h2-3,6,14,16H,1H2,(H2,12,15). The van der Waals surface area contributed by atoms with Gasteiger partial charge in [0.25, 0.3) is 0 Å². The number of alkyl halides is 3. The lowest BCUT2D eigenvalue weighted by Gasteiger charge is -2.13. The van der Waals surface area contributed by atoms with E-state index in [1.807, 2.05) is 0 Å². The zero-order valence-electron chi connectivity index (χ0n) is 8.31. The topological polar surface area (TPSA) is 96.4 Å². The lowest BCUT2D eigenvalue weighted by molar-refractivity contribution is -0.141. The van der Waals surface area contributed by atoms with Crippen molar-refractivity contribution in [3.8, 4) is 0 Å². The van der Waals surface area contributed by atoms with Crippen molar-refractivity contribution >= 4 is 17.2 Å². The number of aliphatic hydroxyl groups is 2. The van der Waals surface area contributed by atoms with Crippen LogP contribution in [0.25, 0.3) is 0 Å². The molecule has 2 unspecified atom stereocenters. The fourth-order valence-electron chi connectivity index (χ4n) is 1.04. The molecule has 0 aliphatic carbocycles. The average molecular weight is 270 g/mol. The van der Waals surface area contributed by atoms with E-state index in [0.717, 1.165) is 5.38 Å². The largest absolute Gasteiger partial charge is 0.434 e. The third-order valence-corrected chi connectivity index (χ3v) is 2.76. The molecule has 1 heterocycles. The van der Waals surface area contributed by atoms with Crippen LogP contribution in [0, 0.1) is 0 Å². The first kappa shape index (κ1) is 13.9. The maximum Gasteiger partial charge on any atom is 0.434 e. The number of aliphatic hydroxyl groups excluding tert-OH is 2. The fraction of sp³-hybridized carbons (Fsp3) is 0.500. The maximum absolute atomic E-state index is 12.2. The van der Waals surface area contributed by atoms with Crippen molar-refractivity contribution in [1.29, 1.82) is 0 Å². The Kier molecular flexibility index (Phi) is 4.07. The number of hydrogen-bond donors (Lipinski definition) is 3. The van der Waals surface area contributed by atoms with Gasteiger partial charge in [-0.05, 0) is 0 Å². The number of rotatable bonds is 4. The smallest absolute Gasteiger partial charge is 0.389 e. The van der Waals surface area contributed by atoms with Gasteiger partial charge in [-0.2, -0.15) is 13.2 Å². The molecular weight excluding hydrogens is 261 g/mol. The molecule has 0 fully saturated rings. The van der Waals surface area contributed by atoms with Gasteiger partial charge in [-0.3, -0.25) is 4.79 Å². The minimum Gasteiger partial charge on any atom is -0.389 e. The average Bonchev–Trinajstić information content (AvgIpc) is 2.63. The number of amides is 1. The zero-order valence-corrected chi connectivity index (χ0v) is 9.13. The third kappa shape index (κ3) is 3.65. The van der Waals surface area contributed by atoms with Crippen LogP contribution in [0.2, 0.25) is 0 Å². The molecule has 0 radical (unpaired) electrons. The van der Waals surface area contributed by atoms with Gasteiger partial charge in [0.2, 0.25) is 5.91 Å². The summed E-state index contributed by atoms with van der Waals surface area (Å²) in [5, 5.41) is 19.1. The quantitative estimate of drug-likeness (QED) is 0.739. The van der Waals surface area contributed by atoms with E-state index in [-0.39, 0.29) is 5.01 Å². The van der Waals surface area contributed by atoms with Crippen LogP contribution in [-0.4, -0.2) is 27.2 Å². The van der Waals surface area contributed by atoms with Gasteiger partial charge in [0.1, 0.15) is 11.1 Å². The molecule has 9 heteroatoms. The monoisotopic (exact) mass is 270 g/mol. The van der Waals surface area contributed by atoms with Gasteiger partial charge < -0.3 is 15.9 Å². The number of carbonyl (C=O) groups is 1. The van der Waals surface area contributed by atoms with Crippen molar-refractivity contribution in [3.63, 3.8) is 0 Å². The van der Waals surface area contributed by atoms with E-state index in [4.69, 9.17) is 5.73 Å². The lowest BCUT2D eigenvalue weighted by atomic mass is 10.1. The van der Waals surface area contributed by atoms with Crippen LogP contribution >= 0.6 is 11.3 Å². The Morgan fingerprint density at radius 3 is 2.53 bits per heavy atom. The van der Waals surface area contributed by atoms with Crippen molar-refractivity contribution in [2.45, 2.75) is 24.8 Å². The Hall–Kier alpha value is -1.19. The fourth-order valence-corrected chi connectivity index (χ4v) is 1.90. The van der Waals surface area contributed by atoms with Crippen molar-refractivity contribution in [2.24, 2.45) is 5.73 Å². The van der Waals surface area contributed by atoms with Crippen molar-refractivity contribution in [1.82, 2.24) is 4.98 Å². The molecule has 1 amide bonds. The van der Waals surface area contributed by atoms with Crippen LogP contribution in [0.15, 0.2) is 5.38 Å². The highest BCUT2D eigenvalue weighted by Gasteiger charge is 2.35. The molecule has 0 aromatic carbocycles. The van der Waals surface area contributed by atoms with E-state index in [2.05, 4.69) is 4.98 Å². The summed E-state index contributed by atoms with van der Waals surface area (Å²) in [6.07, 6.45) is -8.39. The number of thiazole rings is 1. The number of aromatic nitrogens is 1. The van der Waals surface area contributed by atoms with Gasteiger partial charge in [-0.15, -0.1) is 11.3 Å². The molecule has 0 aliphatic heterocycles. The van der Waals surface area contributed by atoms with E-state index in [9.17, 15) is 28.2 Å². The molecule has 17 heavy (non-hydrogen) atoms. The van der Waals surface area contributed by atoms with Crippen LogP contribution in [0.5, 0.6) is 0 Å². The summed E-state index contributed by atoms with van der Waals surface area (Å²) in [6, 6.07) is 0. The molecule has 0 saturated heterocycles. The van der Waals surface area contributed by atoms with Crippen LogP contribution in [0.4, 0.5) is 13.2 Å². The van der Waals surface area contributed by atoms with Gasteiger partial charge in [0.15, 0.2) is 5.69 Å². The van der Waals surface area contributed by atoms with Gasteiger partial charge in [0, 0.05) is 5.38 Å². The molecule has 1 aromatic rings. The highest BCUT2D eigenvalue weighted by atomic mass is 32.1. The summed E-state index contributed by atoms with van der Waals surface area (Å²) in [7, 11) is 0. The molecule has 2 atom stereocenters. The highest BCUT2D eigenvalue weighted by Crippen LogP contribution is 2.32. The molecular formula is C8H9F3N2O3S. The molecule has 0 aliphatic rings. The number of halogens is 3. The van der Waals surface area contributed by atoms with Crippen molar-refractivity contribution < 1.29 is 28.2 Å². The Balaban J connectivity index is 2.79. The molecule has 0 spiro atoms. The van der Waals surface area contributed by atoms with E-state index in [0.29, 0.717) is 11.3 Å². The Labute approximate surface area is 97.7 Å². The minimum atomic E-state index is -4.61. The normalized spacial score (nSPS) is 15.6. The predicted octanol–water partition coefficient (Wildman–Crippen LogP) is 0.432. The third-order valence-electron chi connectivity index (χ3n) is 1.84. The first-order valence-electron chi connectivity index (χ1n) is 4.39. The lowest BCUT2D eigenvalue weighted by Crippen LogP contribution is -2.25. The first-order valence-corrected chi connectivity index (χ1v) is 5.27. The number of nitrogens with two attached hydrogens (primary N) is 1. The Bertz CT molecular complexity index is 407. The second kappa shape index (κ2) is 4.98. The van der Waals surface area contributed by atoms with E-state index in [1.54, 1.807) is 0 Å². The number of hydrogen-bond acceptors (Lipinski definition) is 5. The molecule has 96 valence electrons. The number of primary amides is 1. The summed E-state index contributed by atoms with van der Waals surface area (Å²) >= 11 is 0.547.